The minimum atomic E-state index is -0.0495. The van der Waals surface area contributed by atoms with Crippen LogP contribution in [0.15, 0.2) is 59.0 Å². The first kappa shape index (κ1) is 17.2. The Kier molecular flexibility index (Phi) is 5.80. The quantitative estimate of drug-likeness (QED) is 0.702. The van der Waals surface area contributed by atoms with E-state index in [1.807, 2.05) is 54.6 Å². The molecule has 6 heteroatoms. The van der Waals surface area contributed by atoms with Crippen LogP contribution in [0.4, 0.5) is 0 Å². The second-order valence-corrected chi connectivity index (χ2v) is 5.97. The zero-order valence-electron chi connectivity index (χ0n) is 13.6. The summed E-state index contributed by atoms with van der Waals surface area (Å²) in [5, 5.41) is 11.6. The molecule has 0 aliphatic carbocycles. The molecule has 0 saturated heterocycles. The number of nitrogens with zero attached hydrogens (tertiary/aromatic N) is 2. The molecule has 3 aromatic rings. The zero-order chi connectivity index (χ0) is 17.5. The van der Waals surface area contributed by atoms with Crippen LogP contribution in [0.5, 0.6) is 0 Å². The van der Waals surface area contributed by atoms with Gasteiger partial charge in [-0.2, -0.15) is 0 Å². The fraction of sp³-hybridized carbons (Fsp3) is 0.211. The Bertz CT molecular complexity index is 833. The van der Waals surface area contributed by atoms with Gasteiger partial charge in [0.05, 0.1) is 0 Å². The number of carbonyl (C=O) groups excluding carboxylic acids is 1. The van der Waals surface area contributed by atoms with Gasteiger partial charge in [0.25, 0.3) is 0 Å². The summed E-state index contributed by atoms with van der Waals surface area (Å²) in [7, 11) is 0. The average molecular weight is 356 g/mol. The summed E-state index contributed by atoms with van der Waals surface area (Å²) < 4.78 is 5.59. The average Bonchev–Trinajstić information content (AvgIpc) is 3.11. The molecule has 0 atom stereocenters. The van der Waals surface area contributed by atoms with Crippen molar-refractivity contribution < 1.29 is 9.21 Å². The normalized spacial score (nSPS) is 10.6. The Morgan fingerprint density at radius 1 is 1.00 bits per heavy atom. The van der Waals surface area contributed by atoms with Crippen LogP contribution in [0.1, 0.15) is 17.9 Å². The minimum Gasteiger partial charge on any atom is -0.421 e. The highest BCUT2D eigenvalue weighted by Gasteiger charge is 2.10. The molecular formula is C19H18ClN3O2. The highest BCUT2D eigenvalue weighted by atomic mass is 35.5. The van der Waals surface area contributed by atoms with Crippen LogP contribution < -0.4 is 5.32 Å². The second kappa shape index (κ2) is 8.44. The van der Waals surface area contributed by atoms with Crippen molar-refractivity contribution in [1.29, 1.82) is 0 Å². The lowest BCUT2D eigenvalue weighted by Crippen LogP contribution is -2.25. The third-order valence-corrected chi connectivity index (χ3v) is 4.10. The highest BCUT2D eigenvalue weighted by molar-refractivity contribution is 6.31. The summed E-state index contributed by atoms with van der Waals surface area (Å²) in [6, 6.07) is 17.2. The molecule has 3 rings (SSSR count). The van der Waals surface area contributed by atoms with Crippen molar-refractivity contribution in [2.45, 2.75) is 19.3 Å². The van der Waals surface area contributed by atoms with E-state index in [9.17, 15) is 4.79 Å². The third kappa shape index (κ3) is 4.90. The van der Waals surface area contributed by atoms with E-state index in [-0.39, 0.29) is 5.91 Å². The SMILES string of the molecule is O=C(CCc1nnc(-c2ccccc2)o1)NCCc1ccccc1Cl. The van der Waals surface area contributed by atoms with Crippen molar-refractivity contribution >= 4 is 17.5 Å². The number of aryl methyl sites for hydroxylation is 1. The Labute approximate surface area is 151 Å². The van der Waals surface area contributed by atoms with Gasteiger partial charge in [0.15, 0.2) is 0 Å². The van der Waals surface area contributed by atoms with E-state index in [1.54, 1.807) is 0 Å². The van der Waals surface area contributed by atoms with Gasteiger partial charge in [-0.15, -0.1) is 10.2 Å². The van der Waals surface area contributed by atoms with Crippen molar-refractivity contribution in [1.82, 2.24) is 15.5 Å². The van der Waals surface area contributed by atoms with Gasteiger partial charge in [0.2, 0.25) is 17.7 Å². The molecule has 0 radical (unpaired) electrons. The van der Waals surface area contributed by atoms with Gasteiger partial charge < -0.3 is 9.73 Å². The topological polar surface area (TPSA) is 68.0 Å². The molecular weight excluding hydrogens is 338 g/mol. The van der Waals surface area contributed by atoms with Crippen LogP contribution in [0.2, 0.25) is 5.02 Å². The Balaban J connectivity index is 1.44. The fourth-order valence-electron chi connectivity index (χ4n) is 2.40. The van der Waals surface area contributed by atoms with Gasteiger partial charge in [0.1, 0.15) is 0 Å². The maximum absolute atomic E-state index is 11.9. The lowest BCUT2D eigenvalue weighted by Gasteiger charge is -2.06. The molecule has 1 amide bonds. The van der Waals surface area contributed by atoms with Crippen LogP contribution in [-0.4, -0.2) is 22.6 Å². The van der Waals surface area contributed by atoms with Crippen LogP contribution in [0, 0.1) is 0 Å². The van der Waals surface area contributed by atoms with Gasteiger partial charge in [0, 0.05) is 30.0 Å². The predicted molar refractivity (Wildman–Crippen MR) is 96.2 cm³/mol. The molecule has 0 fully saturated rings. The standard InChI is InChI=1S/C19H18ClN3O2/c20-16-9-5-4-6-14(16)12-13-21-17(24)10-11-18-22-23-19(25-18)15-7-2-1-3-8-15/h1-9H,10-13H2,(H,21,24). The molecule has 0 unspecified atom stereocenters. The van der Waals surface area contributed by atoms with Gasteiger partial charge in [-0.25, -0.2) is 0 Å². The van der Waals surface area contributed by atoms with Gasteiger partial charge in [-0.3, -0.25) is 4.79 Å². The molecule has 2 aromatic carbocycles. The number of hydrogen-bond acceptors (Lipinski definition) is 4. The molecule has 0 aliphatic heterocycles. The molecule has 0 aliphatic rings. The lowest BCUT2D eigenvalue weighted by atomic mass is 10.1. The number of carbonyl (C=O) groups is 1. The van der Waals surface area contributed by atoms with Crippen LogP contribution in [0.3, 0.4) is 0 Å². The molecule has 1 aromatic heterocycles. The van der Waals surface area contributed by atoms with E-state index in [1.165, 1.54) is 0 Å². The largest absolute Gasteiger partial charge is 0.421 e. The first-order valence-corrected chi connectivity index (χ1v) is 8.48. The van der Waals surface area contributed by atoms with Crippen LogP contribution >= 0.6 is 11.6 Å². The predicted octanol–water partition coefficient (Wildman–Crippen LogP) is 3.68. The molecule has 1 heterocycles. The van der Waals surface area contributed by atoms with Crippen LogP contribution in [-0.2, 0) is 17.6 Å². The Morgan fingerprint density at radius 3 is 2.56 bits per heavy atom. The Morgan fingerprint density at radius 2 is 1.76 bits per heavy atom. The molecule has 1 N–H and O–H groups in total. The first-order valence-electron chi connectivity index (χ1n) is 8.10. The van der Waals surface area contributed by atoms with E-state index in [4.69, 9.17) is 16.0 Å². The van der Waals surface area contributed by atoms with E-state index in [0.717, 1.165) is 16.1 Å². The lowest BCUT2D eigenvalue weighted by molar-refractivity contribution is -0.121. The summed E-state index contributed by atoms with van der Waals surface area (Å²) in [5.74, 6) is 0.876. The second-order valence-electron chi connectivity index (χ2n) is 5.56. The molecule has 25 heavy (non-hydrogen) atoms. The number of rotatable bonds is 7. The first-order chi connectivity index (χ1) is 12.2. The summed E-state index contributed by atoms with van der Waals surface area (Å²) in [4.78, 5) is 11.9. The number of nitrogens with one attached hydrogen (secondary N) is 1. The molecule has 5 nitrogen and oxygen atoms in total. The van der Waals surface area contributed by atoms with Crippen molar-refractivity contribution in [3.63, 3.8) is 0 Å². The number of amides is 1. The van der Waals surface area contributed by atoms with E-state index >= 15 is 0 Å². The number of aromatic nitrogens is 2. The van der Waals surface area contributed by atoms with Crippen molar-refractivity contribution in [2.24, 2.45) is 0 Å². The summed E-state index contributed by atoms with van der Waals surface area (Å²) >= 11 is 6.09. The number of benzene rings is 2. The van der Waals surface area contributed by atoms with E-state index in [0.29, 0.717) is 37.6 Å². The maximum Gasteiger partial charge on any atom is 0.247 e. The van der Waals surface area contributed by atoms with Crippen molar-refractivity contribution in [3.05, 3.63) is 71.1 Å². The number of halogens is 1. The smallest absolute Gasteiger partial charge is 0.247 e. The van der Waals surface area contributed by atoms with Crippen LogP contribution in [0.25, 0.3) is 11.5 Å². The van der Waals surface area contributed by atoms with E-state index in [2.05, 4.69) is 15.5 Å². The van der Waals surface area contributed by atoms with E-state index < -0.39 is 0 Å². The number of hydrogen-bond donors (Lipinski definition) is 1. The fourth-order valence-corrected chi connectivity index (χ4v) is 2.63. The molecule has 0 spiro atoms. The summed E-state index contributed by atoms with van der Waals surface area (Å²) in [6.45, 7) is 0.543. The van der Waals surface area contributed by atoms with Gasteiger partial charge in [-0.1, -0.05) is 48.0 Å². The minimum absolute atomic E-state index is 0.0495. The monoisotopic (exact) mass is 355 g/mol. The van der Waals surface area contributed by atoms with Crippen molar-refractivity contribution in [3.8, 4) is 11.5 Å². The van der Waals surface area contributed by atoms with Gasteiger partial charge in [-0.05, 0) is 30.2 Å². The Hall–Kier alpha value is -2.66. The van der Waals surface area contributed by atoms with Gasteiger partial charge >= 0.3 is 0 Å². The maximum atomic E-state index is 11.9. The molecule has 128 valence electrons. The zero-order valence-corrected chi connectivity index (χ0v) is 14.4. The highest BCUT2D eigenvalue weighted by Crippen LogP contribution is 2.17. The summed E-state index contributed by atoms with van der Waals surface area (Å²) in [6.07, 6.45) is 1.42. The molecule has 0 bridgehead atoms. The summed E-state index contributed by atoms with van der Waals surface area (Å²) in [5.41, 5.74) is 1.89. The molecule has 0 saturated carbocycles. The van der Waals surface area contributed by atoms with Crippen molar-refractivity contribution in [2.75, 3.05) is 6.54 Å². The third-order valence-electron chi connectivity index (χ3n) is 3.73.